The first-order valence-electron chi connectivity index (χ1n) is 10.7. The Balaban J connectivity index is 1.56. The number of fused-ring (bicyclic) bond motifs is 5. The fraction of sp³-hybridized carbons (Fsp3) is 0.913. The summed E-state index contributed by atoms with van der Waals surface area (Å²) in [5, 5.41) is 19.9. The smallest absolute Gasteiger partial charge is 0.125 e. The second-order valence-electron chi connectivity index (χ2n) is 10.2. The lowest BCUT2D eigenvalue weighted by Gasteiger charge is -2.61. The Labute approximate surface area is 158 Å². The normalized spacial score (nSPS) is 53.0. The molecule has 0 radical (unpaired) electrons. The summed E-state index contributed by atoms with van der Waals surface area (Å²) >= 11 is 0. The predicted molar refractivity (Wildman–Crippen MR) is 102 cm³/mol. The standard InChI is InChI=1S/C23H36O3/c1-21-12-13-23(25,10-4-14-24)15-16(21)5-6-17-18-7-8-20(26-3)22(18,2)11-9-19(17)21/h16-20,24-25H,5-9,11-15H2,1-3H3/t16-,17+,18+,19+,20+,21+,22+,23-/m1/s1. The zero-order valence-corrected chi connectivity index (χ0v) is 16.8. The van der Waals surface area contributed by atoms with Crippen LogP contribution in [-0.4, -0.2) is 35.6 Å². The van der Waals surface area contributed by atoms with Crippen molar-refractivity contribution in [2.75, 3.05) is 13.7 Å². The van der Waals surface area contributed by atoms with Crippen LogP contribution < -0.4 is 0 Å². The van der Waals surface area contributed by atoms with E-state index in [-0.39, 0.29) is 6.61 Å². The van der Waals surface area contributed by atoms with Crippen molar-refractivity contribution in [1.29, 1.82) is 0 Å². The average molecular weight is 361 g/mol. The van der Waals surface area contributed by atoms with Crippen molar-refractivity contribution in [1.82, 2.24) is 0 Å². The van der Waals surface area contributed by atoms with Gasteiger partial charge in [-0.2, -0.15) is 0 Å². The SMILES string of the molecule is CO[C@H]1CC[C@H]2[C@@H]3CC[C@@H]4C[C@@](O)(C#CCO)CC[C@]4(C)[C@H]3CC[C@]12C. The lowest BCUT2D eigenvalue weighted by atomic mass is 9.44. The maximum atomic E-state index is 10.9. The van der Waals surface area contributed by atoms with E-state index in [1.54, 1.807) is 0 Å². The number of aliphatic hydroxyl groups is 2. The third-order valence-electron chi connectivity index (χ3n) is 9.32. The molecule has 146 valence electrons. The summed E-state index contributed by atoms with van der Waals surface area (Å²) in [6.45, 7) is 4.85. The molecule has 4 saturated carbocycles. The van der Waals surface area contributed by atoms with Crippen molar-refractivity contribution in [3.8, 4) is 11.8 Å². The van der Waals surface area contributed by atoms with Gasteiger partial charge in [0, 0.05) is 7.11 Å². The van der Waals surface area contributed by atoms with Crippen LogP contribution in [0.2, 0.25) is 0 Å². The lowest BCUT2D eigenvalue weighted by molar-refractivity contribution is -0.146. The van der Waals surface area contributed by atoms with Crippen molar-refractivity contribution in [3.63, 3.8) is 0 Å². The first-order chi connectivity index (χ1) is 12.4. The number of ether oxygens (including phenoxy) is 1. The Morgan fingerprint density at radius 3 is 2.46 bits per heavy atom. The van der Waals surface area contributed by atoms with Crippen LogP contribution in [0.15, 0.2) is 0 Å². The molecular weight excluding hydrogens is 324 g/mol. The Morgan fingerprint density at radius 2 is 1.73 bits per heavy atom. The molecule has 0 aliphatic heterocycles. The van der Waals surface area contributed by atoms with E-state index in [4.69, 9.17) is 9.84 Å². The van der Waals surface area contributed by atoms with Gasteiger partial charge in [-0.3, -0.25) is 0 Å². The molecule has 0 saturated heterocycles. The summed E-state index contributed by atoms with van der Waals surface area (Å²) in [5.41, 5.74) is -0.152. The highest BCUT2D eigenvalue weighted by molar-refractivity contribution is 5.19. The summed E-state index contributed by atoms with van der Waals surface area (Å²) in [6.07, 6.45) is 10.8. The van der Waals surface area contributed by atoms with Gasteiger partial charge in [0.2, 0.25) is 0 Å². The zero-order chi connectivity index (χ0) is 18.6. The molecule has 0 aromatic carbocycles. The molecule has 4 aliphatic carbocycles. The second-order valence-corrected chi connectivity index (χ2v) is 10.2. The van der Waals surface area contributed by atoms with Gasteiger partial charge in [-0.05, 0) is 92.3 Å². The molecule has 3 nitrogen and oxygen atoms in total. The van der Waals surface area contributed by atoms with Crippen LogP contribution in [0.3, 0.4) is 0 Å². The summed E-state index contributed by atoms with van der Waals surface area (Å²) in [5.74, 6) is 8.70. The van der Waals surface area contributed by atoms with Crippen LogP contribution in [0.25, 0.3) is 0 Å². The number of hydrogen-bond acceptors (Lipinski definition) is 3. The van der Waals surface area contributed by atoms with E-state index in [9.17, 15) is 5.11 Å². The van der Waals surface area contributed by atoms with Crippen LogP contribution in [0, 0.1) is 46.3 Å². The third kappa shape index (κ3) is 2.67. The van der Waals surface area contributed by atoms with Crippen molar-refractivity contribution in [2.45, 2.75) is 83.3 Å². The number of hydrogen-bond donors (Lipinski definition) is 2. The molecule has 0 aromatic heterocycles. The minimum atomic E-state index is -0.878. The monoisotopic (exact) mass is 360 g/mol. The van der Waals surface area contributed by atoms with E-state index in [0.29, 0.717) is 22.9 Å². The molecule has 2 N–H and O–H groups in total. The van der Waals surface area contributed by atoms with Gasteiger partial charge in [-0.1, -0.05) is 25.7 Å². The highest BCUT2D eigenvalue weighted by Crippen LogP contribution is 2.67. The van der Waals surface area contributed by atoms with Crippen molar-refractivity contribution in [2.24, 2.45) is 34.5 Å². The number of rotatable bonds is 1. The summed E-state index contributed by atoms with van der Waals surface area (Å²) in [4.78, 5) is 0. The summed E-state index contributed by atoms with van der Waals surface area (Å²) < 4.78 is 5.89. The van der Waals surface area contributed by atoms with Crippen LogP contribution >= 0.6 is 0 Å². The fourth-order valence-electron chi connectivity index (χ4n) is 7.90. The molecule has 0 aromatic rings. The largest absolute Gasteiger partial charge is 0.384 e. The van der Waals surface area contributed by atoms with E-state index in [1.807, 2.05) is 7.11 Å². The van der Waals surface area contributed by atoms with Crippen molar-refractivity contribution >= 4 is 0 Å². The lowest BCUT2D eigenvalue weighted by Crippen LogP contribution is -2.56. The summed E-state index contributed by atoms with van der Waals surface area (Å²) in [7, 11) is 1.90. The van der Waals surface area contributed by atoms with Crippen molar-refractivity contribution in [3.05, 3.63) is 0 Å². The zero-order valence-electron chi connectivity index (χ0n) is 16.8. The highest BCUT2D eigenvalue weighted by atomic mass is 16.5. The molecule has 4 rings (SSSR count). The maximum absolute atomic E-state index is 10.9. The molecule has 4 aliphatic rings. The van der Waals surface area contributed by atoms with Crippen molar-refractivity contribution < 1.29 is 14.9 Å². The molecule has 4 fully saturated rings. The third-order valence-corrected chi connectivity index (χ3v) is 9.32. The van der Waals surface area contributed by atoms with Crippen LogP contribution in [-0.2, 0) is 4.74 Å². The van der Waals surface area contributed by atoms with E-state index < -0.39 is 5.60 Å². The van der Waals surface area contributed by atoms with Gasteiger partial charge in [0.25, 0.3) is 0 Å². The molecule has 26 heavy (non-hydrogen) atoms. The first kappa shape index (κ1) is 18.8. The molecule has 0 heterocycles. The Kier molecular flexibility index (Phi) is 4.70. The van der Waals surface area contributed by atoms with E-state index >= 15 is 0 Å². The molecular formula is C23H36O3. The van der Waals surface area contributed by atoms with Crippen LogP contribution in [0.4, 0.5) is 0 Å². The fourth-order valence-corrected chi connectivity index (χ4v) is 7.90. The number of aliphatic hydroxyl groups excluding tert-OH is 1. The van der Waals surface area contributed by atoms with E-state index in [1.165, 1.54) is 38.5 Å². The Morgan fingerprint density at radius 1 is 0.962 bits per heavy atom. The quantitative estimate of drug-likeness (QED) is 0.700. The van der Waals surface area contributed by atoms with Gasteiger partial charge in [0.1, 0.15) is 12.2 Å². The van der Waals surface area contributed by atoms with Gasteiger partial charge in [-0.15, -0.1) is 0 Å². The Bertz CT molecular complexity index is 606. The minimum Gasteiger partial charge on any atom is -0.384 e. The molecule has 0 bridgehead atoms. The van der Waals surface area contributed by atoms with Crippen LogP contribution in [0.1, 0.15) is 71.6 Å². The summed E-state index contributed by atoms with van der Waals surface area (Å²) in [6, 6.07) is 0. The average Bonchev–Trinajstić information content (AvgIpc) is 2.97. The van der Waals surface area contributed by atoms with Gasteiger partial charge < -0.3 is 14.9 Å². The Hall–Kier alpha value is -0.560. The van der Waals surface area contributed by atoms with Crippen LogP contribution in [0.5, 0.6) is 0 Å². The van der Waals surface area contributed by atoms with Gasteiger partial charge in [0.05, 0.1) is 6.10 Å². The molecule has 8 atom stereocenters. The van der Waals surface area contributed by atoms with E-state index in [0.717, 1.165) is 37.0 Å². The maximum Gasteiger partial charge on any atom is 0.125 e. The van der Waals surface area contributed by atoms with Gasteiger partial charge in [-0.25, -0.2) is 0 Å². The molecule has 3 heteroatoms. The minimum absolute atomic E-state index is 0.157. The molecule has 0 amide bonds. The first-order valence-corrected chi connectivity index (χ1v) is 10.7. The van der Waals surface area contributed by atoms with Gasteiger partial charge in [0.15, 0.2) is 0 Å². The topological polar surface area (TPSA) is 49.7 Å². The van der Waals surface area contributed by atoms with Gasteiger partial charge >= 0.3 is 0 Å². The number of methoxy groups -OCH3 is 1. The highest BCUT2D eigenvalue weighted by Gasteiger charge is 2.61. The molecule has 0 spiro atoms. The predicted octanol–water partition coefficient (Wildman–Crippen LogP) is 3.77. The second kappa shape index (κ2) is 6.50. The molecule has 0 unspecified atom stereocenters. The van der Waals surface area contributed by atoms with E-state index in [2.05, 4.69) is 25.7 Å².